The molecule has 3 aromatic rings. The van der Waals surface area contributed by atoms with Crippen LogP contribution in [0, 0.1) is 12.7 Å². The lowest BCUT2D eigenvalue weighted by Gasteiger charge is -2.16. The molecule has 198 valence electrons. The third-order valence-corrected chi connectivity index (χ3v) is 5.69. The van der Waals surface area contributed by atoms with Gasteiger partial charge in [0.1, 0.15) is 23.1 Å². The van der Waals surface area contributed by atoms with Crippen molar-refractivity contribution < 1.29 is 40.3 Å². The molecule has 0 spiro atoms. The number of aromatic nitrogens is 3. The maximum atomic E-state index is 15.1. The highest BCUT2D eigenvalue weighted by Gasteiger charge is 2.32. The number of carbonyl (C=O) groups is 1. The lowest BCUT2D eigenvalue weighted by atomic mass is 10.1. The number of rotatable bonds is 5. The Morgan fingerprint density at radius 1 is 1.11 bits per heavy atom. The number of alkyl halides is 6. The molecule has 1 aromatic heterocycles. The highest BCUT2D eigenvalue weighted by atomic mass is 19.4. The molecular weight excluding hydrogens is 513 g/mol. The van der Waals surface area contributed by atoms with Crippen molar-refractivity contribution in [1.29, 1.82) is 0 Å². The van der Waals surface area contributed by atoms with Crippen LogP contribution in [0.3, 0.4) is 0 Å². The van der Waals surface area contributed by atoms with Crippen molar-refractivity contribution in [1.82, 2.24) is 14.3 Å². The number of amides is 1. The van der Waals surface area contributed by atoms with Gasteiger partial charge in [-0.1, -0.05) is 0 Å². The second-order valence-electron chi connectivity index (χ2n) is 8.40. The zero-order valence-electron chi connectivity index (χ0n) is 19.1. The van der Waals surface area contributed by atoms with Crippen LogP contribution in [0.2, 0.25) is 0 Å². The number of ether oxygens (including phenoxy) is 1. The standard InChI is InChI=1S/C23H19F7N4O3/c1-12-8-13(23(28,29)30)5-6-16(12)31-20(35)14-9-15(24)17(10-18(14)37-11-22(25,26)27)34-21(36)33-7-3-2-4-19(33)32-34/h5-6,8-10H,2-4,7,11H2,1H3,(H,31,35). The first kappa shape index (κ1) is 26.2. The molecule has 0 atom stereocenters. The number of nitrogens with one attached hydrogen (secondary N) is 1. The third kappa shape index (κ3) is 5.62. The highest BCUT2D eigenvalue weighted by molar-refractivity contribution is 6.06. The van der Waals surface area contributed by atoms with Crippen LogP contribution in [0.15, 0.2) is 35.1 Å². The molecule has 0 unspecified atom stereocenters. The molecule has 0 aliphatic carbocycles. The second kappa shape index (κ2) is 9.56. The molecular formula is C23H19F7N4O3. The summed E-state index contributed by atoms with van der Waals surface area (Å²) in [6.07, 6.45) is -7.54. The quantitative estimate of drug-likeness (QED) is 0.468. The van der Waals surface area contributed by atoms with Gasteiger partial charge >= 0.3 is 18.0 Å². The fourth-order valence-electron chi connectivity index (χ4n) is 3.89. The van der Waals surface area contributed by atoms with E-state index in [1.165, 1.54) is 11.5 Å². The van der Waals surface area contributed by atoms with E-state index in [2.05, 4.69) is 10.4 Å². The van der Waals surface area contributed by atoms with Crippen LogP contribution in [0.1, 0.15) is 40.2 Å². The first-order valence-corrected chi connectivity index (χ1v) is 11.0. The minimum absolute atomic E-state index is 0.00756. The summed E-state index contributed by atoms with van der Waals surface area (Å²) in [5.41, 5.74) is -2.93. The summed E-state index contributed by atoms with van der Waals surface area (Å²) >= 11 is 0. The molecule has 2 aromatic carbocycles. The SMILES string of the molecule is Cc1cc(C(F)(F)F)ccc1NC(=O)c1cc(F)c(-n2nc3n(c2=O)CCCC3)cc1OCC(F)(F)F. The number of benzene rings is 2. The van der Waals surface area contributed by atoms with E-state index in [9.17, 15) is 35.9 Å². The Labute approximate surface area is 204 Å². The number of halogens is 7. The number of hydrogen-bond donors (Lipinski definition) is 1. The lowest BCUT2D eigenvalue weighted by Crippen LogP contribution is -2.27. The van der Waals surface area contributed by atoms with Gasteiger partial charge in [-0.15, -0.1) is 5.10 Å². The van der Waals surface area contributed by atoms with E-state index in [0.717, 1.165) is 24.6 Å². The maximum absolute atomic E-state index is 15.1. The van der Waals surface area contributed by atoms with Gasteiger partial charge in [0, 0.05) is 24.7 Å². The van der Waals surface area contributed by atoms with Gasteiger partial charge in [0.2, 0.25) is 0 Å². The number of fused-ring (bicyclic) bond motifs is 1. The minimum atomic E-state index is -4.81. The van der Waals surface area contributed by atoms with E-state index in [1.807, 2.05) is 0 Å². The Morgan fingerprint density at radius 3 is 2.46 bits per heavy atom. The molecule has 0 saturated carbocycles. The van der Waals surface area contributed by atoms with Gasteiger partial charge in [-0.2, -0.15) is 31.0 Å². The molecule has 1 amide bonds. The van der Waals surface area contributed by atoms with E-state index in [0.29, 0.717) is 42.0 Å². The summed E-state index contributed by atoms with van der Waals surface area (Å²) < 4.78 is 99.2. The van der Waals surface area contributed by atoms with Crippen molar-refractivity contribution in [2.75, 3.05) is 11.9 Å². The van der Waals surface area contributed by atoms with Crippen molar-refractivity contribution >= 4 is 11.6 Å². The van der Waals surface area contributed by atoms with Gasteiger partial charge in [0.25, 0.3) is 5.91 Å². The van der Waals surface area contributed by atoms with Crippen molar-refractivity contribution in [3.8, 4) is 11.4 Å². The molecule has 7 nitrogen and oxygen atoms in total. The van der Waals surface area contributed by atoms with Crippen LogP contribution >= 0.6 is 0 Å². The predicted molar refractivity (Wildman–Crippen MR) is 116 cm³/mol. The normalized spacial score (nSPS) is 13.8. The van der Waals surface area contributed by atoms with E-state index >= 15 is 4.39 Å². The highest BCUT2D eigenvalue weighted by Crippen LogP contribution is 2.33. The number of aryl methyl sites for hydroxylation is 2. The van der Waals surface area contributed by atoms with E-state index in [4.69, 9.17) is 4.74 Å². The fraction of sp³-hybridized carbons (Fsp3) is 0.348. The van der Waals surface area contributed by atoms with Gasteiger partial charge in [-0.05, 0) is 49.6 Å². The van der Waals surface area contributed by atoms with Crippen LogP contribution in [-0.4, -0.2) is 33.0 Å². The van der Waals surface area contributed by atoms with Crippen LogP contribution in [-0.2, 0) is 19.1 Å². The molecule has 0 saturated heterocycles. The summed E-state index contributed by atoms with van der Waals surface area (Å²) in [4.78, 5) is 25.6. The van der Waals surface area contributed by atoms with Crippen molar-refractivity contribution in [2.45, 2.75) is 45.1 Å². The van der Waals surface area contributed by atoms with E-state index in [1.54, 1.807) is 0 Å². The zero-order chi connectivity index (χ0) is 27.1. The fourth-order valence-corrected chi connectivity index (χ4v) is 3.89. The molecule has 14 heteroatoms. The summed E-state index contributed by atoms with van der Waals surface area (Å²) in [5, 5.41) is 6.33. The van der Waals surface area contributed by atoms with Crippen molar-refractivity contribution in [3.63, 3.8) is 0 Å². The first-order valence-electron chi connectivity index (χ1n) is 11.0. The van der Waals surface area contributed by atoms with Gasteiger partial charge in [-0.3, -0.25) is 9.36 Å². The van der Waals surface area contributed by atoms with Crippen molar-refractivity contribution in [3.05, 3.63) is 69.1 Å². The monoisotopic (exact) mass is 532 g/mol. The van der Waals surface area contributed by atoms with Gasteiger partial charge < -0.3 is 10.1 Å². The molecule has 4 rings (SSSR count). The Kier molecular flexibility index (Phi) is 6.78. The van der Waals surface area contributed by atoms with Gasteiger partial charge in [-0.25, -0.2) is 9.18 Å². The van der Waals surface area contributed by atoms with Gasteiger partial charge in [0.15, 0.2) is 6.61 Å². The Hall–Kier alpha value is -3.84. The lowest BCUT2D eigenvalue weighted by molar-refractivity contribution is -0.153. The molecule has 0 bridgehead atoms. The van der Waals surface area contributed by atoms with Crippen molar-refractivity contribution in [2.24, 2.45) is 0 Å². The van der Waals surface area contributed by atoms with Crippen LogP contribution in [0.4, 0.5) is 36.4 Å². The van der Waals surface area contributed by atoms with E-state index in [-0.39, 0.29) is 11.3 Å². The molecule has 1 aliphatic heterocycles. The number of anilines is 1. The van der Waals surface area contributed by atoms with Gasteiger partial charge in [0.05, 0.1) is 11.1 Å². The summed E-state index contributed by atoms with van der Waals surface area (Å²) in [7, 11) is 0. The summed E-state index contributed by atoms with van der Waals surface area (Å²) in [5.74, 6) is -2.60. The summed E-state index contributed by atoms with van der Waals surface area (Å²) in [6.45, 7) is -0.199. The Balaban J connectivity index is 1.73. The number of nitrogens with zero attached hydrogens (tertiary/aromatic N) is 3. The summed E-state index contributed by atoms with van der Waals surface area (Å²) in [6, 6.07) is 3.79. The van der Waals surface area contributed by atoms with Crippen LogP contribution < -0.4 is 15.7 Å². The molecule has 2 heterocycles. The second-order valence-corrected chi connectivity index (χ2v) is 8.40. The molecule has 1 N–H and O–H groups in total. The van der Waals surface area contributed by atoms with E-state index < -0.39 is 58.9 Å². The van der Waals surface area contributed by atoms with Crippen LogP contribution in [0.5, 0.6) is 5.75 Å². The minimum Gasteiger partial charge on any atom is -0.483 e. The topological polar surface area (TPSA) is 78.2 Å². The zero-order valence-corrected chi connectivity index (χ0v) is 19.1. The largest absolute Gasteiger partial charge is 0.483 e. The number of hydrogen-bond acceptors (Lipinski definition) is 4. The maximum Gasteiger partial charge on any atom is 0.422 e. The number of carbonyl (C=O) groups excluding carboxylic acids is 1. The molecule has 0 radical (unpaired) electrons. The average Bonchev–Trinajstić information content (AvgIpc) is 3.14. The third-order valence-electron chi connectivity index (χ3n) is 5.69. The van der Waals surface area contributed by atoms with Crippen LogP contribution in [0.25, 0.3) is 5.69 Å². The first-order chi connectivity index (χ1) is 17.2. The Bertz CT molecular complexity index is 1410. The predicted octanol–water partition coefficient (Wildman–Crippen LogP) is 5.03. The molecule has 37 heavy (non-hydrogen) atoms. The Morgan fingerprint density at radius 2 is 1.84 bits per heavy atom. The molecule has 1 aliphatic rings. The average molecular weight is 532 g/mol. The molecule has 0 fully saturated rings. The smallest absolute Gasteiger partial charge is 0.422 e.